The van der Waals surface area contributed by atoms with Crippen molar-refractivity contribution in [2.45, 2.75) is 0 Å². The lowest BCUT2D eigenvalue weighted by atomic mass is 10.0. The molecule has 3 aromatic rings. The molecule has 106 valence electrons. The monoisotopic (exact) mass is 365 g/mol. The maximum atomic E-state index is 14.2. The van der Waals surface area contributed by atoms with Crippen molar-refractivity contribution in [2.24, 2.45) is 0 Å². The average molecular weight is 367 g/mol. The highest BCUT2D eigenvalue weighted by atomic mass is 79.9. The number of aromatic nitrogens is 2. The van der Waals surface area contributed by atoms with Crippen molar-refractivity contribution in [3.05, 3.63) is 57.8 Å². The number of nitrogens with zero attached hydrogens (tertiary/aromatic N) is 1. The number of halogens is 3. The molecule has 0 saturated carbocycles. The van der Waals surface area contributed by atoms with E-state index in [2.05, 4.69) is 26.1 Å². The molecular formula is C15H10BrClFN3. The molecule has 0 bridgehead atoms. The lowest BCUT2D eigenvalue weighted by Crippen LogP contribution is -1.91. The molecular weight excluding hydrogens is 357 g/mol. The molecule has 2 aromatic carbocycles. The molecule has 0 saturated heterocycles. The zero-order valence-corrected chi connectivity index (χ0v) is 13.0. The Balaban J connectivity index is 2.24. The van der Waals surface area contributed by atoms with Gasteiger partial charge in [-0.05, 0) is 29.8 Å². The minimum atomic E-state index is -0.501. The van der Waals surface area contributed by atoms with Crippen LogP contribution in [0.2, 0.25) is 5.02 Å². The topological polar surface area (TPSA) is 54.7 Å². The van der Waals surface area contributed by atoms with Gasteiger partial charge < -0.3 is 5.73 Å². The van der Waals surface area contributed by atoms with Crippen LogP contribution in [0.15, 0.2) is 46.9 Å². The number of hydrogen-bond acceptors (Lipinski definition) is 2. The fourth-order valence-corrected chi connectivity index (χ4v) is 2.76. The van der Waals surface area contributed by atoms with Crippen LogP contribution in [0.4, 0.5) is 10.2 Å². The molecule has 0 unspecified atom stereocenters. The number of H-pyrrole nitrogens is 1. The summed E-state index contributed by atoms with van der Waals surface area (Å²) in [5.74, 6) is -0.193. The quantitative estimate of drug-likeness (QED) is 0.679. The van der Waals surface area contributed by atoms with Gasteiger partial charge in [-0.3, -0.25) is 5.10 Å². The highest BCUT2D eigenvalue weighted by molar-refractivity contribution is 9.10. The van der Waals surface area contributed by atoms with E-state index in [0.29, 0.717) is 22.6 Å². The Morgan fingerprint density at radius 2 is 1.95 bits per heavy atom. The van der Waals surface area contributed by atoms with Gasteiger partial charge in [-0.2, -0.15) is 5.10 Å². The van der Waals surface area contributed by atoms with Crippen LogP contribution in [0.1, 0.15) is 0 Å². The second-order valence-corrected chi connectivity index (χ2v) is 5.79. The Hall–Kier alpha value is -1.85. The van der Waals surface area contributed by atoms with E-state index in [9.17, 15) is 4.39 Å². The molecule has 0 aliphatic carbocycles. The first-order valence-electron chi connectivity index (χ1n) is 6.12. The normalized spacial score (nSPS) is 10.8. The summed E-state index contributed by atoms with van der Waals surface area (Å²) in [5, 5.41) is 6.84. The Bertz CT molecular complexity index is 816. The molecule has 0 atom stereocenters. The largest absolute Gasteiger partial charge is 0.382 e. The highest BCUT2D eigenvalue weighted by Crippen LogP contribution is 2.37. The summed E-state index contributed by atoms with van der Waals surface area (Å²) in [6.07, 6.45) is 0. The van der Waals surface area contributed by atoms with Crippen LogP contribution in [0.25, 0.3) is 22.4 Å². The lowest BCUT2D eigenvalue weighted by molar-refractivity contribution is 0.631. The first-order chi connectivity index (χ1) is 10.1. The van der Waals surface area contributed by atoms with Crippen LogP contribution >= 0.6 is 27.5 Å². The van der Waals surface area contributed by atoms with Gasteiger partial charge >= 0.3 is 0 Å². The number of nitrogens with two attached hydrogens (primary N) is 1. The molecule has 3 N–H and O–H groups in total. The van der Waals surface area contributed by atoms with E-state index in [4.69, 9.17) is 17.3 Å². The second kappa shape index (κ2) is 5.50. The minimum Gasteiger partial charge on any atom is -0.382 e. The van der Waals surface area contributed by atoms with Crippen LogP contribution in [0.3, 0.4) is 0 Å². The Morgan fingerprint density at radius 1 is 1.19 bits per heavy atom. The summed E-state index contributed by atoms with van der Waals surface area (Å²) in [7, 11) is 0. The molecule has 0 radical (unpaired) electrons. The molecule has 0 aliphatic rings. The molecule has 21 heavy (non-hydrogen) atoms. The van der Waals surface area contributed by atoms with Gasteiger partial charge in [0, 0.05) is 10.0 Å². The molecule has 6 heteroatoms. The number of anilines is 1. The van der Waals surface area contributed by atoms with Gasteiger partial charge in [-0.15, -0.1) is 0 Å². The van der Waals surface area contributed by atoms with Gasteiger partial charge in [-0.25, -0.2) is 4.39 Å². The van der Waals surface area contributed by atoms with E-state index in [1.165, 1.54) is 6.07 Å². The van der Waals surface area contributed by atoms with E-state index in [0.717, 1.165) is 10.0 Å². The summed E-state index contributed by atoms with van der Waals surface area (Å²) in [6, 6.07) is 12.4. The fraction of sp³-hybridized carbons (Fsp3) is 0. The average Bonchev–Trinajstić information content (AvgIpc) is 2.83. The van der Waals surface area contributed by atoms with Gasteiger partial charge in [0.1, 0.15) is 0 Å². The zero-order valence-electron chi connectivity index (χ0n) is 10.7. The molecule has 1 heterocycles. The third-order valence-corrected chi connectivity index (χ3v) is 3.91. The van der Waals surface area contributed by atoms with Crippen molar-refractivity contribution in [3.8, 4) is 22.4 Å². The predicted octanol–water partition coefficient (Wildman–Crippen LogP) is 4.88. The number of aromatic amines is 1. The van der Waals surface area contributed by atoms with Crippen molar-refractivity contribution >= 4 is 33.3 Å². The van der Waals surface area contributed by atoms with Crippen LogP contribution in [0, 0.1) is 5.82 Å². The fourth-order valence-electron chi connectivity index (χ4n) is 2.18. The number of nitrogen functional groups attached to an aromatic ring is 1. The highest BCUT2D eigenvalue weighted by Gasteiger charge is 2.18. The predicted molar refractivity (Wildman–Crippen MR) is 86.5 cm³/mol. The Kier molecular flexibility index (Phi) is 3.69. The maximum Gasteiger partial charge on any atom is 0.153 e. The SMILES string of the molecule is Nc1n[nH]c(-c2cccc(Cl)c2F)c1-c1cccc(Br)c1. The third kappa shape index (κ3) is 2.54. The van der Waals surface area contributed by atoms with E-state index in [-0.39, 0.29) is 5.02 Å². The maximum absolute atomic E-state index is 14.2. The Morgan fingerprint density at radius 3 is 2.71 bits per heavy atom. The van der Waals surface area contributed by atoms with E-state index in [1.54, 1.807) is 12.1 Å². The summed E-state index contributed by atoms with van der Waals surface area (Å²) in [4.78, 5) is 0. The lowest BCUT2D eigenvalue weighted by Gasteiger charge is -2.07. The van der Waals surface area contributed by atoms with Crippen molar-refractivity contribution in [1.82, 2.24) is 10.2 Å². The first-order valence-corrected chi connectivity index (χ1v) is 7.29. The van der Waals surface area contributed by atoms with Crippen molar-refractivity contribution in [3.63, 3.8) is 0 Å². The zero-order chi connectivity index (χ0) is 15.0. The Labute approximate surface area is 134 Å². The number of hydrogen-bond donors (Lipinski definition) is 2. The molecule has 3 nitrogen and oxygen atoms in total. The van der Waals surface area contributed by atoms with Crippen LogP contribution in [0.5, 0.6) is 0 Å². The standard InChI is InChI=1S/C15H10BrClFN3/c16-9-4-1-3-8(7-9)12-14(20-21-15(12)19)10-5-2-6-11(17)13(10)18/h1-7H,(H3,19,20,21). The van der Waals surface area contributed by atoms with Gasteiger partial charge in [-0.1, -0.05) is 45.7 Å². The summed E-state index contributed by atoms with van der Waals surface area (Å²) < 4.78 is 15.1. The first kappa shape index (κ1) is 14.1. The van der Waals surface area contributed by atoms with E-state index in [1.807, 2.05) is 24.3 Å². The van der Waals surface area contributed by atoms with Crippen LogP contribution < -0.4 is 5.73 Å². The molecule has 0 amide bonds. The summed E-state index contributed by atoms with van der Waals surface area (Å²) in [5.41, 5.74) is 8.26. The molecule has 3 rings (SSSR count). The number of nitrogens with one attached hydrogen (secondary N) is 1. The number of benzene rings is 2. The van der Waals surface area contributed by atoms with Crippen LogP contribution in [-0.4, -0.2) is 10.2 Å². The van der Waals surface area contributed by atoms with Crippen LogP contribution in [-0.2, 0) is 0 Å². The van der Waals surface area contributed by atoms with Gasteiger partial charge in [0.2, 0.25) is 0 Å². The van der Waals surface area contributed by atoms with E-state index < -0.39 is 5.82 Å². The smallest absolute Gasteiger partial charge is 0.153 e. The summed E-state index contributed by atoms with van der Waals surface area (Å²) in [6.45, 7) is 0. The second-order valence-electron chi connectivity index (χ2n) is 4.47. The van der Waals surface area contributed by atoms with Crippen molar-refractivity contribution in [1.29, 1.82) is 0 Å². The summed E-state index contributed by atoms with van der Waals surface area (Å²) >= 11 is 9.26. The molecule has 0 fully saturated rings. The van der Waals surface area contributed by atoms with E-state index >= 15 is 0 Å². The van der Waals surface area contributed by atoms with Gasteiger partial charge in [0.15, 0.2) is 11.6 Å². The van der Waals surface area contributed by atoms with Gasteiger partial charge in [0.25, 0.3) is 0 Å². The van der Waals surface area contributed by atoms with Gasteiger partial charge in [0.05, 0.1) is 16.3 Å². The number of rotatable bonds is 2. The third-order valence-electron chi connectivity index (χ3n) is 3.13. The molecule has 0 spiro atoms. The minimum absolute atomic E-state index is 0.0564. The van der Waals surface area contributed by atoms with Crippen molar-refractivity contribution < 1.29 is 4.39 Å². The van der Waals surface area contributed by atoms with Crippen molar-refractivity contribution in [2.75, 3.05) is 5.73 Å². The molecule has 0 aliphatic heterocycles. The molecule has 1 aromatic heterocycles.